The Bertz CT molecular complexity index is 340. The van der Waals surface area contributed by atoms with E-state index in [1.807, 2.05) is 6.92 Å². The van der Waals surface area contributed by atoms with Gasteiger partial charge in [-0.25, -0.2) is 8.42 Å². The van der Waals surface area contributed by atoms with Gasteiger partial charge in [-0.2, -0.15) is 0 Å². The molecule has 1 amide bonds. The first kappa shape index (κ1) is 14.4. The number of hydrogen-bond donors (Lipinski definition) is 2. The second kappa shape index (κ2) is 6.35. The van der Waals surface area contributed by atoms with E-state index in [1.54, 1.807) is 0 Å². The first-order valence-electron chi connectivity index (χ1n) is 6.13. The highest BCUT2D eigenvalue weighted by atomic mass is 32.2. The fourth-order valence-corrected chi connectivity index (χ4v) is 3.32. The molecule has 1 saturated heterocycles. The smallest absolute Gasteiger partial charge is 0.220 e. The Labute approximate surface area is 103 Å². The third kappa shape index (κ3) is 5.50. The van der Waals surface area contributed by atoms with Crippen LogP contribution in [0.1, 0.15) is 32.6 Å². The van der Waals surface area contributed by atoms with Gasteiger partial charge in [0.25, 0.3) is 0 Å². The van der Waals surface area contributed by atoms with Crippen molar-refractivity contribution in [3.63, 3.8) is 0 Å². The number of nitrogens with one attached hydrogen (secondary N) is 1. The van der Waals surface area contributed by atoms with E-state index >= 15 is 0 Å². The van der Waals surface area contributed by atoms with Gasteiger partial charge in [0.1, 0.15) is 9.84 Å². The molecule has 0 saturated carbocycles. The van der Waals surface area contributed by atoms with Crippen LogP contribution in [0.15, 0.2) is 0 Å². The van der Waals surface area contributed by atoms with Crippen molar-refractivity contribution in [2.45, 2.75) is 38.6 Å². The third-order valence-corrected chi connectivity index (χ3v) is 4.90. The molecule has 1 fully saturated rings. The molecule has 0 spiro atoms. The fourth-order valence-electron chi connectivity index (χ4n) is 1.83. The molecule has 0 aliphatic carbocycles. The van der Waals surface area contributed by atoms with Gasteiger partial charge < -0.3 is 11.1 Å². The van der Waals surface area contributed by atoms with Gasteiger partial charge in [-0.05, 0) is 31.7 Å². The minimum atomic E-state index is -2.85. The van der Waals surface area contributed by atoms with E-state index in [9.17, 15) is 13.2 Å². The standard InChI is InChI=1S/C11H22N2O3S/c1-9(8-12)2-3-11(14)13-10-4-6-17(15,16)7-5-10/h9-10H,2-8,12H2,1H3,(H,13,14). The molecule has 0 radical (unpaired) electrons. The number of sulfone groups is 1. The van der Waals surface area contributed by atoms with Crippen LogP contribution in [0.2, 0.25) is 0 Å². The number of hydrogen-bond acceptors (Lipinski definition) is 4. The van der Waals surface area contributed by atoms with E-state index in [0.29, 0.717) is 31.7 Å². The second-order valence-corrected chi connectivity index (χ2v) is 7.18. The largest absolute Gasteiger partial charge is 0.353 e. The summed E-state index contributed by atoms with van der Waals surface area (Å²) >= 11 is 0. The summed E-state index contributed by atoms with van der Waals surface area (Å²) in [5, 5.41) is 2.89. The van der Waals surface area contributed by atoms with Crippen molar-refractivity contribution in [2.75, 3.05) is 18.1 Å². The molecule has 1 aliphatic heterocycles. The van der Waals surface area contributed by atoms with Crippen LogP contribution in [0.3, 0.4) is 0 Å². The van der Waals surface area contributed by atoms with E-state index in [0.717, 1.165) is 6.42 Å². The van der Waals surface area contributed by atoms with Gasteiger partial charge in [-0.1, -0.05) is 6.92 Å². The Morgan fingerprint density at radius 3 is 2.53 bits per heavy atom. The summed E-state index contributed by atoms with van der Waals surface area (Å²) in [6.07, 6.45) is 2.34. The quantitative estimate of drug-likeness (QED) is 0.733. The summed E-state index contributed by atoms with van der Waals surface area (Å²) < 4.78 is 22.4. The topological polar surface area (TPSA) is 89.3 Å². The van der Waals surface area contributed by atoms with Crippen LogP contribution in [0.5, 0.6) is 0 Å². The molecular formula is C11H22N2O3S. The van der Waals surface area contributed by atoms with Gasteiger partial charge in [0.05, 0.1) is 11.5 Å². The van der Waals surface area contributed by atoms with Crippen molar-refractivity contribution < 1.29 is 13.2 Å². The molecule has 6 heteroatoms. The molecule has 17 heavy (non-hydrogen) atoms. The van der Waals surface area contributed by atoms with Crippen molar-refractivity contribution in [1.82, 2.24) is 5.32 Å². The van der Waals surface area contributed by atoms with Crippen LogP contribution in [0.25, 0.3) is 0 Å². The fraction of sp³-hybridized carbons (Fsp3) is 0.909. The van der Waals surface area contributed by atoms with Crippen molar-refractivity contribution in [3.8, 4) is 0 Å². The Balaban J connectivity index is 2.24. The van der Waals surface area contributed by atoms with Gasteiger partial charge in [-0.15, -0.1) is 0 Å². The SMILES string of the molecule is CC(CN)CCC(=O)NC1CCS(=O)(=O)CC1. The zero-order valence-electron chi connectivity index (χ0n) is 10.3. The van der Waals surface area contributed by atoms with Crippen molar-refractivity contribution >= 4 is 15.7 Å². The minimum absolute atomic E-state index is 0.00889. The number of rotatable bonds is 5. The maximum absolute atomic E-state index is 11.6. The first-order valence-corrected chi connectivity index (χ1v) is 7.95. The van der Waals surface area contributed by atoms with Gasteiger partial charge in [0.2, 0.25) is 5.91 Å². The van der Waals surface area contributed by atoms with E-state index in [4.69, 9.17) is 5.73 Å². The maximum atomic E-state index is 11.6. The molecule has 100 valence electrons. The minimum Gasteiger partial charge on any atom is -0.353 e. The maximum Gasteiger partial charge on any atom is 0.220 e. The van der Waals surface area contributed by atoms with E-state index in [1.165, 1.54) is 0 Å². The summed E-state index contributed by atoms with van der Waals surface area (Å²) in [6, 6.07) is 0.0270. The van der Waals surface area contributed by atoms with Crippen molar-refractivity contribution in [1.29, 1.82) is 0 Å². The Morgan fingerprint density at radius 1 is 1.41 bits per heavy atom. The molecule has 3 N–H and O–H groups in total. The number of carbonyl (C=O) groups excluding carboxylic acids is 1. The zero-order chi connectivity index (χ0) is 12.9. The Kier molecular flexibility index (Phi) is 5.39. The van der Waals surface area contributed by atoms with Gasteiger partial charge in [-0.3, -0.25) is 4.79 Å². The van der Waals surface area contributed by atoms with Crippen LogP contribution in [-0.4, -0.2) is 38.4 Å². The first-order chi connectivity index (χ1) is 7.93. The monoisotopic (exact) mass is 262 g/mol. The molecule has 1 atom stereocenters. The third-order valence-electron chi connectivity index (χ3n) is 3.19. The molecule has 1 aliphatic rings. The van der Waals surface area contributed by atoms with Crippen LogP contribution in [0.4, 0.5) is 0 Å². The lowest BCUT2D eigenvalue weighted by molar-refractivity contribution is -0.122. The van der Waals surface area contributed by atoms with E-state index in [-0.39, 0.29) is 23.5 Å². The molecule has 1 heterocycles. The highest BCUT2D eigenvalue weighted by molar-refractivity contribution is 7.91. The molecule has 5 nitrogen and oxygen atoms in total. The predicted octanol–water partition coefficient (Wildman–Crippen LogP) is 0.0548. The van der Waals surface area contributed by atoms with Gasteiger partial charge >= 0.3 is 0 Å². The molecule has 0 aromatic carbocycles. The molecule has 1 rings (SSSR count). The van der Waals surface area contributed by atoms with Crippen LogP contribution in [0, 0.1) is 5.92 Å². The average Bonchev–Trinajstić information content (AvgIpc) is 2.29. The molecular weight excluding hydrogens is 240 g/mol. The number of amides is 1. The number of nitrogens with two attached hydrogens (primary N) is 1. The summed E-state index contributed by atoms with van der Waals surface area (Å²) in [4.78, 5) is 11.6. The molecule has 1 unspecified atom stereocenters. The zero-order valence-corrected chi connectivity index (χ0v) is 11.1. The normalized spacial score (nSPS) is 22.0. The summed E-state index contributed by atoms with van der Waals surface area (Å²) in [5.74, 6) is 0.746. The van der Waals surface area contributed by atoms with E-state index < -0.39 is 9.84 Å². The molecule has 0 bridgehead atoms. The van der Waals surface area contributed by atoms with Crippen molar-refractivity contribution in [3.05, 3.63) is 0 Å². The summed E-state index contributed by atoms with van der Waals surface area (Å²) in [7, 11) is -2.85. The van der Waals surface area contributed by atoms with E-state index in [2.05, 4.69) is 5.32 Å². The Hall–Kier alpha value is -0.620. The summed E-state index contributed by atoms with van der Waals surface area (Å²) in [6.45, 7) is 2.61. The summed E-state index contributed by atoms with van der Waals surface area (Å²) in [5.41, 5.74) is 5.47. The lowest BCUT2D eigenvalue weighted by Gasteiger charge is -2.23. The second-order valence-electron chi connectivity index (χ2n) is 4.87. The Morgan fingerprint density at radius 2 is 2.00 bits per heavy atom. The van der Waals surface area contributed by atoms with Crippen LogP contribution < -0.4 is 11.1 Å². The van der Waals surface area contributed by atoms with Crippen molar-refractivity contribution in [2.24, 2.45) is 11.7 Å². The number of carbonyl (C=O) groups is 1. The highest BCUT2D eigenvalue weighted by Crippen LogP contribution is 2.12. The average molecular weight is 262 g/mol. The van der Waals surface area contributed by atoms with Crippen LogP contribution in [-0.2, 0) is 14.6 Å². The van der Waals surface area contributed by atoms with Gasteiger partial charge in [0.15, 0.2) is 0 Å². The lowest BCUT2D eigenvalue weighted by atomic mass is 10.1. The lowest BCUT2D eigenvalue weighted by Crippen LogP contribution is -2.40. The van der Waals surface area contributed by atoms with Gasteiger partial charge in [0, 0.05) is 12.5 Å². The highest BCUT2D eigenvalue weighted by Gasteiger charge is 2.24. The molecule has 0 aromatic heterocycles. The molecule has 0 aromatic rings. The van der Waals surface area contributed by atoms with Crippen LogP contribution >= 0.6 is 0 Å². The predicted molar refractivity (Wildman–Crippen MR) is 67.3 cm³/mol.